The first-order chi connectivity index (χ1) is 7.42. The Balaban J connectivity index is 1.51. The average molecular weight is 208 g/mol. The Morgan fingerprint density at radius 2 is 1.93 bits per heavy atom. The molecule has 3 rings (SSSR count). The third kappa shape index (κ3) is 2.21. The molecule has 2 N–H and O–H groups in total. The van der Waals surface area contributed by atoms with Crippen LogP contribution in [0.3, 0.4) is 0 Å². The van der Waals surface area contributed by atoms with Crippen molar-refractivity contribution in [1.82, 2.24) is 10.6 Å². The summed E-state index contributed by atoms with van der Waals surface area (Å²) in [4.78, 5) is 0. The average Bonchev–Trinajstić information content (AvgIpc) is 2.75. The smallest absolute Gasteiger partial charge is 0.0101 e. The van der Waals surface area contributed by atoms with Gasteiger partial charge in [0, 0.05) is 12.1 Å². The highest BCUT2D eigenvalue weighted by Gasteiger charge is 2.39. The number of nitrogens with one attached hydrogen (secondary N) is 2. The Morgan fingerprint density at radius 3 is 2.73 bits per heavy atom. The second kappa shape index (κ2) is 4.42. The molecule has 1 saturated heterocycles. The number of hydrogen-bond acceptors (Lipinski definition) is 2. The Morgan fingerprint density at radius 1 is 0.933 bits per heavy atom. The lowest BCUT2D eigenvalue weighted by atomic mass is 9.94. The van der Waals surface area contributed by atoms with Crippen molar-refractivity contribution in [2.75, 3.05) is 13.1 Å². The molecule has 2 bridgehead atoms. The summed E-state index contributed by atoms with van der Waals surface area (Å²) in [5.41, 5.74) is 0. The van der Waals surface area contributed by atoms with Crippen molar-refractivity contribution in [2.24, 2.45) is 11.8 Å². The molecule has 0 spiro atoms. The molecule has 1 aliphatic heterocycles. The van der Waals surface area contributed by atoms with Gasteiger partial charge in [-0.1, -0.05) is 6.42 Å². The fourth-order valence-electron chi connectivity index (χ4n) is 3.94. The molecular weight excluding hydrogens is 184 g/mol. The lowest BCUT2D eigenvalue weighted by Gasteiger charge is -2.28. The van der Waals surface area contributed by atoms with Crippen molar-refractivity contribution in [3.8, 4) is 0 Å². The Labute approximate surface area is 93.2 Å². The van der Waals surface area contributed by atoms with Gasteiger partial charge in [0.25, 0.3) is 0 Å². The fraction of sp³-hybridized carbons (Fsp3) is 1.00. The normalized spacial score (nSPS) is 45.6. The Kier molecular flexibility index (Phi) is 2.98. The number of hydrogen-bond donors (Lipinski definition) is 2. The SMILES string of the molecule is C1CNCCC(NC2CC3CCC2C3)C1. The van der Waals surface area contributed by atoms with E-state index >= 15 is 0 Å². The molecule has 4 atom stereocenters. The zero-order chi connectivity index (χ0) is 10.1. The lowest BCUT2D eigenvalue weighted by Crippen LogP contribution is -2.41. The quantitative estimate of drug-likeness (QED) is 0.724. The minimum Gasteiger partial charge on any atom is -0.317 e. The van der Waals surface area contributed by atoms with E-state index in [1.54, 1.807) is 0 Å². The largest absolute Gasteiger partial charge is 0.317 e. The van der Waals surface area contributed by atoms with Gasteiger partial charge in [-0.3, -0.25) is 0 Å². The summed E-state index contributed by atoms with van der Waals surface area (Å²) in [5.74, 6) is 2.11. The van der Waals surface area contributed by atoms with E-state index in [2.05, 4.69) is 10.6 Å². The fourth-order valence-corrected chi connectivity index (χ4v) is 3.94. The maximum absolute atomic E-state index is 3.95. The summed E-state index contributed by atoms with van der Waals surface area (Å²) in [6, 6.07) is 1.69. The molecule has 0 amide bonds. The van der Waals surface area contributed by atoms with Crippen molar-refractivity contribution >= 4 is 0 Å². The Hall–Kier alpha value is -0.0800. The minimum absolute atomic E-state index is 0.810. The molecule has 0 aromatic carbocycles. The van der Waals surface area contributed by atoms with Crippen molar-refractivity contribution in [2.45, 2.75) is 57.0 Å². The van der Waals surface area contributed by atoms with Gasteiger partial charge in [-0.2, -0.15) is 0 Å². The van der Waals surface area contributed by atoms with E-state index in [4.69, 9.17) is 0 Å². The van der Waals surface area contributed by atoms with E-state index in [9.17, 15) is 0 Å². The first kappa shape index (κ1) is 10.1. The van der Waals surface area contributed by atoms with Crippen LogP contribution in [0, 0.1) is 11.8 Å². The van der Waals surface area contributed by atoms with Crippen LogP contribution < -0.4 is 10.6 Å². The summed E-state index contributed by atoms with van der Waals surface area (Å²) in [7, 11) is 0. The maximum atomic E-state index is 3.95. The van der Waals surface area contributed by atoms with Crippen LogP contribution in [0.1, 0.15) is 44.9 Å². The van der Waals surface area contributed by atoms with Crippen LogP contribution in [0.4, 0.5) is 0 Å². The van der Waals surface area contributed by atoms with Gasteiger partial charge in [-0.15, -0.1) is 0 Å². The molecule has 2 heteroatoms. The molecule has 3 aliphatic rings. The van der Waals surface area contributed by atoms with E-state index < -0.39 is 0 Å². The van der Waals surface area contributed by atoms with E-state index in [1.165, 1.54) is 58.0 Å². The molecule has 2 nitrogen and oxygen atoms in total. The molecular formula is C13H24N2. The predicted octanol–water partition coefficient (Wildman–Crippen LogP) is 1.91. The summed E-state index contributed by atoms with van der Waals surface area (Å²) in [6.07, 6.45) is 10.1. The monoisotopic (exact) mass is 208 g/mol. The molecule has 86 valence electrons. The topological polar surface area (TPSA) is 24.1 Å². The third-order valence-corrected chi connectivity index (χ3v) is 4.76. The lowest BCUT2D eigenvalue weighted by molar-refractivity contribution is 0.306. The van der Waals surface area contributed by atoms with Gasteiger partial charge >= 0.3 is 0 Å². The molecule has 1 heterocycles. The Bertz CT molecular complexity index is 209. The second-order valence-electron chi connectivity index (χ2n) is 5.83. The van der Waals surface area contributed by atoms with Crippen molar-refractivity contribution in [3.05, 3.63) is 0 Å². The van der Waals surface area contributed by atoms with Crippen molar-refractivity contribution < 1.29 is 0 Å². The van der Waals surface area contributed by atoms with Crippen LogP contribution in [0.25, 0.3) is 0 Å². The molecule has 0 radical (unpaired) electrons. The van der Waals surface area contributed by atoms with Crippen LogP contribution in [0.2, 0.25) is 0 Å². The summed E-state index contributed by atoms with van der Waals surface area (Å²) in [6.45, 7) is 2.45. The predicted molar refractivity (Wildman–Crippen MR) is 62.9 cm³/mol. The number of rotatable bonds is 2. The first-order valence-corrected chi connectivity index (χ1v) is 6.88. The number of fused-ring (bicyclic) bond motifs is 2. The highest BCUT2D eigenvalue weighted by Crippen LogP contribution is 2.44. The molecule has 4 unspecified atom stereocenters. The molecule has 15 heavy (non-hydrogen) atoms. The van der Waals surface area contributed by atoms with Gasteiger partial charge in [0.1, 0.15) is 0 Å². The van der Waals surface area contributed by atoms with Gasteiger partial charge in [-0.05, 0) is 63.5 Å². The summed E-state index contributed by atoms with van der Waals surface area (Å²) in [5, 5.41) is 7.45. The summed E-state index contributed by atoms with van der Waals surface area (Å²) < 4.78 is 0. The van der Waals surface area contributed by atoms with Gasteiger partial charge in [0.15, 0.2) is 0 Å². The van der Waals surface area contributed by atoms with E-state index in [0.29, 0.717) is 0 Å². The first-order valence-electron chi connectivity index (χ1n) is 6.88. The molecule has 0 aromatic heterocycles. The van der Waals surface area contributed by atoms with Crippen molar-refractivity contribution in [1.29, 1.82) is 0 Å². The molecule has 2 saturated carbocycles. The van der Waals surface area contributed by atoms with Gasteiger partial charge in [0.05, 0.1) is 0 Å². The van der Waals surface area contributed by atoms with Crippen LogP contribution in [0.5, 0.6) is 0 Å². The maximum Gasteiger partial charge on any atom is 0.0101 e. The van der Waals surface area contributed by atoms with Crippen LogP contribution >= 0.6 is 0 Å². The van der Waals surface area contributed by atoms with Crippen molar-refractivity contribution in [3.63, 3.8) is 0 Å². The van der Waals surface area contributed by atoms with E-state index in [-0.39, 0.29) is 0 Å². The van der Waals surface area contributed by atoms with E-state index in [0.717, 1.165) is 23.9 Å². The molecule has 3 fully saturated rings. The standard InChI is InChI=1S/C13H24N2/c1-2-12(5-7-14-6-1)15-13-9-10-3-4-11(13)8-10/h10-15H,1-9H2. The molecule has 0 aromatic rings. The zero-order valence-electron chi connectivity index (χ0n) is 9.67. The second-order valence-corrected chi connectivity index (χ2v) is 5.83. The van der Waals surface area contributed by atoms with Crippen LogP contribution in [-0.4, -0.2) is 25.2 Å². The van der Waals surface area contributed by atoms with E-state index in [1.807, 2.05) is 0 Å². The van der Waals surface area contributed by atoms with Gasteiger partial charge in [-0.25, -0.2) is 0 Å². The minimum atomic E-state index is 0.810. The van der Waals surface area contributed by atoms with Crippen LogP contribution in [-0.2, 0) is 0 Å². The highest BCUT2D eigenvalue weighted by molar-refractivity contribution is 4.95. The highest BCUT2D eigenvalue weighted by atomic mass is 15.0. The van der Waals surface area contributed by atoms with Crippen LogP contribution in [0.15, 0.2) is 0 Å². The molecule has 2 aliphatic carbocycles. The summed E-state index contributed by atoms with van der Waals surface area (Å²) >= 11 is 0. The zero-order valence-corrected chi connectivity index (χ0v) is 9.67. The van der Waals surface area contributed by atoms with Gasteiger partial charge in [0.2, 0.25) is 0 Å². The van der Waals surface area contributed by atoms with Gasteiger partial charge < -0.3 is 10.6 Å². The third-order valence-electron chi connectivity index (χ3n) is 4.76.